The second-order valence-corrected chi connectivity index (χ2v) is 7.33. The van der Waals surface area contributed by atoms with Crippen molar-refractivity contribution in [3.05, 3.63) is 32.4 Å². The van der Waals surface area contributed by atoms with Crippen molar-refractivity contribution in [2.45, 2.75) is 24.5 Å². The first-order chi connectivity index (χ1) is 7.53. The fourth-order valence-corrected chi connectivity index (χ4v) is 3.94. The first kappa shape index (κ1) is 12.7. The molecular formula is C12H12ClIOS. The molecule has 0 radical (unpaired) electrons. The number of hydrogen-bond acceptors (Lipinski definition) is 2. The summed E-state index contributed by atoms with van der Waals surface area (Å²) in [5.41, 5.74) is 0.769. The third kappa shape index (κ3) is 2.41. The van der Waals surface area contributed by atoms with E-state index >= 15 is 0 Å². The lowest BCUT2D eigenvalue weighted by molar-refractivity contribution is 0.0948. The average molecular weight is 367 g/mol. The molecule has 0 aromatic heterocycles. The van der Waals surface area contributed by atoms with Gasteiger partial charge in [0.05, 0.1) is 4.75 Å². The monoisotopic (exact) mass is 366 g/mol. The normalized spacial score (nSPS) is 24.7. The zero-order chi connectivity index (χ0) is 11.8. The Kier molecular flexibility index (Phi) is 3.86. The van der Waals surface area contributed by atoms with Crippen molar-refractivity contribution in [1.29, 1.82) is 0 Å². The lowest BCUT2D eigenvalue weighted by atomic mass is 9.95. The third-order valence-electron chi connectivity index (χ3n) is 2.87. The molecule has 0 amide bonds. The number of hydrogen-bond donors (Lipinski definition) is 0. The van der Waals surface area contributed by atoms with Crippen LogP contribution in [0.15, 0.2) is 18.2 Å². The topological polar surface area (TPSA) is 17.1 Å². The summed E-state index contributed by atoms with van der Waals surface area (Å²) in [6, 6.07) is 5.51. The van der Waals surface area contributed by atoms with E-state index in [0.717, 1.165) is 27.7 Å². The molecule has 1 heterocycles. The maximum absolute atomic E-state index is 12.5. The highest BCUT2D eigenvalue weighted by Crippen LogP contribution is 2.41. The minimum atomic E-state index is -0.245. The number of ketones is 1. The molecule has 86 valence electrons. The van der Waals surface area contributed by atoms with Gasteiger partial charge in [-0.25, -0.2) is 0 Å². The fraction of sp³-hybridized carbons (Fsp3) is 0.417. The highest BCUT2D eigenvalue weighted by atomic mass is 127. The van der Waals surface area contributed by atoms with E-state index in [-0.39, 0.29) is 10.5 Å². The molecule has 1 aromatic carbocycles. The second-order valence-electron chi connectivity index (χ2n) is 4.14. The van der Waals surface area contributed by atoms with Gasteiger partial charge in [0.25, 0.3) is 0 Å². The molecule has 1 fully saturated rings. The van der Waals surface area contributed by atoms with Crippen LogP contribution in [0.4, 0.5) is 0 Å². The van der Waals surface area contributed by atoms with Crippen LogP contribution >= 0.6 is 46.0 Å². The molecule has 1 aliphatic rings. The van der Waals surface area contributed by atoms with Gasteiger partial charge in [0.15, 0.2) is 5.78 Å². The number of rotatable bonds is 2. The molecule has 1 atom stereocenters. The highest BCUT2D eigenvalue weighted by molar-refractivity contribution is 14.1. The van der Waals surface area contributed by atoms with E-state index in [1.165, 1.54) is 0 Å². The van der Waals surface area contributed by atoms with Gasteiger partial charge in [-0.2, -0.15) is 0 Å². The van der Waals surface area contributed by atoms with Crippen LogP contribution in [0.3, 0.4) is 0 Å². The number of Topliss-reactive ketones (excluding diaryl/α,β-unsaturated/α-hetero) is 1. The minimum absolute atomic E-state index is 0.224. The Balaban J connectivity index is 2.36. The van der Waals surface area contributed by atoms with E-state index in [0.29, 0.717) is 5.02 Å². The maximum atomic E-state index is 12.5. The quantitative estimate of drug-likeness (QED) is 0.569. The Labute approximate surface area is 118 Å². The van der Waals surface area contributed by atoms with Crippen molar-refractivity contribution in [2.75, 3.05) is 5.75 Å². The molecule has 1 aliphatic heterocycles. The Morgan fingerprint density at radius 1 is 1.56 bits per heavy atom. The summed E-state index contributed by atoms with van der Waals surface area (Å²) in [6.07, 6.45) is 2.10. The average Bonchev–Trinajstić information content (AvgIpc) is 2.69. The summed E-state index contributed by atoms with van der Waals surface area (Å²) in [6.45, 7) is 2.05. The van der Waals surface area contributed by atoms with Gasteiger partial charge in [-0.1, -0.05) is 11.6 Å². The lowest BCUT2D eigenvalue weighted by Gasteiger charge is -2.21. The lowest BCUT2D eigenvalue weighted by Crippen LogP contribution is -2.29. The number of halogens is 2. The van der Waals surface area contributed by atoms with Gasteiger partial charge in [0, 0.05) is 14.2 Å². The van der Waals surface area contributed by atoms with Crippen LogP contribution < -0.4 is 0 Å². The summed E-state index contributed by atoms with van der Waals surface area (Å²) < 4.78 is 0.741. The number of benzene rings is 1. The molecule has 1 nitrogen and oxygen atoms in total. The van der Waals surface area contributed by atoms with Crippen molar-refractivity contribution in [2.24, 2.45) is 0 Å². The van der Waals surface area contributed by atoms with Gasteiger partial charge in [-0.05, 0) is 66.3 Å². The molecule has 4 heteroatoms. The highest BCUT2D eigenvalue weighted by Gasteiger charge is 2.38. The van der Waals surface area contributed by atoms with Gasteiger partial charge in [0.2, 0.25) is 0 Å². The molecule has 0 bridgehead atoms. The van der Waals surface area contributed by atoms with E-state index in [9.17, 15) is 4.79 Å². The number of carbonyl (C=O) groups is 1. The number of carbonyl (C=O) groups excluding carboxylic acids is 1. The van der Waals surface area contributed by atoms with E-state index in [4.69, 9.17) is 11.6 Å². The van der Waals surface area contributed by atoms with Crippen LogP contribution in [-0.4, -0.2) is 16.3 Å². The van der Waals surface area contributed by atoms with Crippen LogP contribution in [0.5, 0.6) is 0 Å². The van der Waals surface area contributed by atoms with Crippen molar-refractivity contribution < 1.29 is 4.79 Å². The van der Waals surface area contributed by atoms with E-state index in [1.54, 1.807) is 17.8 Å². The summed E-state index contributed by atoms with van der Waals surface area (Å²) in [5, 5.41) is 0.635. The Morgan fingerprint density at radius 3 is 2.94 bits per heavy atom. The smallest absolute Gasteiger partial charge is 0.179 e. The number of thioether (sulfide) groups is 1. The van der Waals surface area contributed by atoms with Crippen LogP contribution in [0.2, 0.25) is 5.02 Å². The Morgan fingerprint density at radius 2 is 2.31 bits per heavy atom. The maximum Gasteiger partial charge on any atom is 0.179 e. The molecule has 1 aromatic rings. The van der Waals surface area contributed by atoms with Crippen molar-refractivity contribution >= 4 is 51.7 Å². The molecule has 2 rings (SSSR count). The summed E-state index contributed by atoms with van der Waals surface area (Å²) in [5.74, 6) is 1.31. The summed E-state index contributed by atoms with van der Waals surface area (Å²) in [4.78, 5) is 12.5. The molecule has 1 saturated heterocycles. The van der Waals surface area contributed by atoms with E-state index < -0.39 is 0 Å². The summed E-state index contributed by atoms with van der Waals surface area (Å²) >= 11 is 9.91. The SMILES string of the molecule is CC1(C(=O)c2cc(Cl)ccc2I)CCCS1. The van der Waals surface area contributed by atoms with Crippen molar-refractivity contribution in [3.8, 4) is 0 Å². The van der Waals surface area contributed by atoms with Crippen LogP contribution in [0.25, 0.3) is 0 Å². The molecule has 1 unspecified atom stereocenters. The van der Waals surface area contributed by atoms with Crippen LogP contribution in [0.1, 0.15) is 30.1 Å². The summed E-state index contributed by atoms with van der Waals surface area (Å²) in [7, 11) is 0. The zero-order valence-corrected chi connectivity index (χ0v) is 12.7. The van der Waals surface area contributed by atoms with Gasteiger partial charge in [-0.15, -0.1) is 11.8 Å². The predicted octanol–water partition coefficient (Wildman–Crippen LogP) is 4.41. The Hall–Kier alpha value is 0.260. The van der Waals surface area contributed by atoms with E-state index in [1.807, 2.05) is 19.1 Å². The van der Waals surface area contributed by atoms with Crippen LogP contribution in [0, 0.1) is 3.57 Å². The molecular weight excluding hydrogens is 355 g/mol. The van der Waals surface area contributed by atoms with Gasteiger partial charge >= 0.3 is 0 Å². The standard InChI is InChI=1S/C12H12ClIOS/c1-12(5-2-6-16-12)11(15)9-7-8(13)3-4-10(9)14/h3-4,7H,2,5-6H2,1H3. The third-order valence-corrected chi connectivity index (χ3v) is 5.57. The first-order valence-electron chi connectivity index (χ1n) is 5.17. The van der Waals surface area contributed by atoms with Crippen LogP contribution in [-0.2, 0) is 0 Å². The fourth-order valence-electron chi connectivity index (χ4n) is 1.91. The van der Waals surface area contributed by atoms with Crippen molar-refractivity contribution in [1.82, 2.24) is 0 Å². The van der Waals surface area contributed by atoms with Crippen molar-refractivity contribution in [3.63, 3.8) is 0 Å². The van der Waals surface area contributed by atoms with E-state index in [2.05, 4.69) is 22.6 Å². The molecule has 16 heavy (non-hydrogen) atoms. The van der Waals surface area contributed by atoms with Gasteiger partial charge < -0.3 is 0 Å². The predicted molar refractivity (Wildman–Crippen MR) is 78.6 cm³/mol. The van der Waals surface area contributed by atoms with Gasteiger partial charge in [-0.3, -0.25) is 4.79 Å². The zero-order valence-electron chi connectivity index (χ0n) is 8.93. The largest absolute Gasteiger partial charge is 0.293 e. The minimum Gasteiger partial charge on any atom is -0.293 e. The molecule has 0 N–H and O–H groups in total. The molecule has 0 aliphatic carbocycles. The van der Waals surface area contributed by atoms with Gasteiger partial charge in [0.1, 0.15) is 0 Å². The first-order valence-corrected chi connectivity index (χ1v) is 7.61. The second kappa shape index (κ2) is 4.86. The molecule has 0 spiro atoms. The Bertz CT molecular complexity index is 427. The molecule has 0 saturated carbocycles.